The van der Waals surface area contributed by atoms with Crippen molar-refractivity contribution in [1.82, 2.24) is 9.38 Å². The van der Waals surface area contributed by atoms with E-state index in [1.165, 1.54) is 11.2 Å². The minimum absolute atomic E-state index is 0.281. The fourth-order valence-electron chi connectivity index (χ4n) is 1.89. The lowest BCUT2D eigenvalue weighted by atomic mass is 9.92. The number of imidazole rings is 1. The summed E-state index contributed by atoms with van der Waals surface area (Å²) in [7, 11) is 0. The molecular formula is C13H18N2. The molecule has 0 spiro atoms. The standard InChI is InChI=1S/C13H18N2/c1-10-6-5-7-11-9-14-12(15(10)11)8-13(2,3)4/h5-7,9H,8H2,1-4H3. The maximum absolute atomic E-state index is 4.50. The third kappa shape index (κ3) is 2.04. The molecule has 2 aromatic heterocycles. The molecule has 0 atom stereocenters. The first-order valence-electron chi connectivity index (χ1n) is 5.39. The lowest BCUT2D eigenvalue weighted by Crippen LogP contribution is -2.12. The van der Waals surface area contributed by atoms with Crippen LogP contribution in [0, 0.1) is 12.3 Å². The Kier molecular flexibility index (Phi) is 2.29. The second-order valence-electron chi connectivity index (χ2n) is 5.34. The van der Waals surface area contributed by atoms with Gasteiger partial charge in [-0.15, -0.1) is 0 Å². The fraction of sp³-hybridized carbons (Fsp3) is 0.462. The molecule has 2 rings (SSSR count). The Morgan fingerprint density at radius 3 is 2.67 bits per heavy atom. The molecule has 0 saturated carbocycles. The summed E-state index contributed by atoms with van der Waals surface area (Å²) in [6.45, 7) is 8.85. The van der Waals surface area contributed by atoms with Gasteiger partial charge in [0.15, 0.2) is 0 Å². The van der Waals surface area contributed by atoms with E-state index >= 15 is 0 Å². The Hall–Kier alpha value is -1.31. The van der Waals surface area contributed by atoms with Gasteiger partial charge in [0.1, 0.15) is 5.82 Å². The van der Waals surface area contributed by atoms with Crippen LogP contribution in [0.1, 0.15) is 32.3 Å². The van der Waals surface area contributed by atoms with E-state index in [1.54, 1.807) is 0 Å². The van der Waals surface area contributed by atoms with Gasteiger partial charge in [0.05, 0.1) is 11.7 Å². The van der Waals surface area contributed by atoms with Crippen LogP contribution < -0.4 is 0 Å². The Bertz CT molecular complexity index is 475. The molecule has 0 bridgehead atoms. The SMILES string of the molecule is Cc1cccc2cnc(CC(C)(C)C)n12. The van der Waals surface area contributed by atoms with Crippen LogP contribution in [0.4, 0.5) is 0 Å². The number of hydrogen-bond donors (Lipinski definition) is 0. The summed E-state index contributed by atoms with van der Waals surface area (Å²) < 4.78 is 2.24. The molecule has 2 heterocycles. The molecule has 80 valence electrons. The van der Waals surface area contributed by atoms with Crippen LogP contribution in [-0.2, 0) is 6.42 Å². The molecule has 0 aliphatic heterocycles. The van der Waals surface area contributed by atoms with Crippen molar-refractivity contribution in [3.05, 3.63) is 35.9 Å². The van der Waals surface area contributed by atoms with Gasteiger partial charge in [0.2, 0.25) is 0 Å². The minimum atomic E-state index is 0.281. The lowest BCUT2D eigenvalue weighted by Gasteiger charge is -2.17. The second kappa shape index (κ2) is 3.37. The highest BCUT2D eigenvalue weighted by Gasteiger charge is 2.15. The molecule has 0 amide bonds. The summed E-state index contributed by atoms with van der Waals surface area (Å²) in [6.07, 6.45) is 2.96. The lowest BCUT2D eigenvalue weighted by molar-refractivity contribution is 0.399. The summed E-state index contributed by atoms with van der Waals surface area (Å²) in [5.74, 6) is 1.16. The van der Waals surface area contributed by atoms with Crippen LogP contribution in [0.2, 0.25) is 0 Å². The monoisotopic (exact) mass is 202 g/mol. The highest BCUT2D eigenvalue weighted by atomic mass is 15.0. The van der Waals surface area contributed by atoms with Crippen molar-refractivity contribution < 1.29 is 0 Å². The van der Waals surface area contributed by atoms with E-state index in [2.05, 4.69) is 55.3 Å². The van der Waals surface area contributed by atoms with E-state index in [0.717, 1.165) is 12.2 Å². The van der Waals surface area contributed by atoms with Gasteiger partial charge in [-0.2, -0.15) is 0 Å². The average Bonchev–Trinajstić information content (AvgIpc) is 2.47. The Labute approximate surface area is 91.0 Å². The summed E-state index contributed by atoms with van der Waals surface area (Å²) in [5.41, 5.74) is 2.72. The van der Waals surface area contributed by atoms with E-state index < -0.39 is 0 Å². The van der Waals surface area contributed by atoms with Crippen LogP contribution in [0.3, 0.4) is 0 Å². The van der Waals surface area contributed by atoms with Gasteiger partial charge in [-0.25, -0.2) is 4.98 Å². The topological polar surface area (TPSA) is 17.3 Å². The molecule has 0 unspecified atom stereocenters. The number of aryl methyl sites for hydroxylation is 1. The predicted molar refractivity (Wildman–Crippen MR) is 63.1 cm³/mol. The summed E-state index contributed by atoms with van der Waals surface area (Å²) >= 11 is 0. The summed E-state index contributed by atoms with van der Waals surface area (Å²) in [4.78, 5) is 4.50. The molecule has 0 fully saturated rings. The van der Waals surface area contributed by atoms with Crippen LogP contribution in [-0.4, -0.2) is 9.38 Å². The number of hydrogen-bond acceptors (Lipinski definition) is 1. The quantitative estimate of drug-likeness (QED) is 0.694. The van der Waals surface area contributed by atoms with E-state index in [1.807, 2.05) is 6.20 Å². The van der Waals surface area contributed by atoms with E-state index in [4.69, 9.17) is 0 Å². The average molecular weight is 202 g/mol. The van der Waals surface area contributed by atoms with E-state index in [9.17, 15) is 0 Å². The van der Waals surface area contributed by atoms with Gasteiger partial charge in [0.25, 0.3) is 0 Å². The zero-order chi connectivity index (χ0) is 11.1. The highest BCUT2D eigenvalue weighted by molar-refractivity contribution is 5.47. The van der Waals surface area contributed by atoms with E-state index in [0.29, 0.717) is 0 Å². The minimum Gasteiger partial charge on any atom is -0.301 e. The van der Waals surface area contributed by atoms with Gasteiger partial charge in [0, 0.05) is 12.1 Å². The second-order valence-corrected chi connectivity index (χ2v) is 5.34. The first-order chi connectivity index (χ1) is 6.97. The van der Waals surface area contributed by atoms with Crippen molar-refractivity contribution in [2.75, 3.05) is 0 Å². The van der Waals surface area contributed by atoms with Gasteiger partial charge in [-0.05, 0) is 24.5 Å². The molecule has 2 heteroatoms. The highest BCUT2D eigenvalue weighted by Crippen LogP contribution is 2.21. The molecule has 0 aromatic carbocycles. The largest absolute Gasteiger partial charge is 0.301 e. The van der Waals surface area contributed by atoms with E-state index in [-0.39, 0.29) is 5.41 Å². The normalized spacial score (nSPS) is 12.3. The zero-order valence-corrected chi connectivity index (χ0v) is 9.91. The Balaban J connectivity index is 2.53. The van der Waals surface area contributed by atoms with Gasteiger partial charge >= 0.3 is 0 Å². The zero-order valence-electron chi connectivity index (χ0n) is 9.91. The third-order valence-corrected chi connectivity index (χ3v) is 2.51. The molecular weight excluding hydrogens is 184 g/mol. The molecule has 0 aliphatic rings. The summed E-state index contributed by atoms with van der Waals surface area (Å²) in [5, 5.41) is 0. The first-order valence-corrected chi connectivity index (χ1v) is 5.39. The van der Waals surface area contributed by atoms with Crippen molar-refractivity contribution in [2.24, 2.45) is 5.41 Å². The van der Waals surface area contributed by atoms with Crippen molar-refractivity contribution >= 4 is 5.52 Å². The van der Waals surface area contributed by atoms with Crippen LogP contribution in [0.5, 0.6) is 0 Å². The van der Waals surface area contributed by atoms with Crippen LogP contribution in [0.25, 0.3) is 5.52 Å². The molecule has 0 aliphatic carbocycles. The number of nitrogens with zero attached hydrogens (tertiary/aromatic N) is 2. The predicted octanol–water partition coefficient (Wildman–Crippen LogP) is 3.23. The van der Waals surface area contributed by atoms with Gasteiger partial charge in [-0.3, -0.25) is 0 Å². The van der Waals surface area contributed by atoms with Crippen molar-refractivity contribution in [1.29, 1.82) is 0 Å². The van der Waals surface area contributed by atoms with Crippen molar-refractivity contribution in [3.63, 3.8) is 0 Å². The number of pyridine rings is 1. The summed E-state index contributed by atoms with van der Waals surface area (Å²) in [6, 6.07) is 6.31. The van der Waals surface area contributed by atoms with Gasteiger partial charge in [-0.1, -0.05) is 26.8 Å². The Morgan fingerprint density at radius 1 is 1.27 bits per heavy atom. The molecule has 2 nitrogen and oxygen atoms in total. The molecule has 0 radical (unpaired) electrons. The maximum atomic E-state index is 4.50. The Morgan fingerprint density at radius 2 is 2.00 bits per heavy atom. The number of rotatable bonds is 1. The molecule has 2 aromatic rings. The van der Waals surface area contributed by atoms with Crippen molar-refractivity contribution in [2.45, 2.75) is 34.1 Å². The number of aromatic nitrogens is 2. The smallest absolute Gasteiger partial charge is 0.113 e. The molecule has 0 N–H and O–H groups in total. The maximum Gasteiger partial charge on any atom is 0.113 e. The fourth-order valence-corrected chi connectivity index (χ4v) is 1.89. The molecule has 15 heavy (non-hydrogen) atoms. The molecule has 0 saturated heterocycles. The first kappa shape index (κ1) is 10.2. The van der Waals surface area contributed by atoms with Crippen LogP contribution in [0.15, 0.2) is 24.4 Å². The third-order valence-electron chi connectivity index (χ3n) is 2.51. The van der Waals surface area contributed by atoms with Crippen LogP contribution >= 0.6 is 0 Å². The van der Waals surface area contributed by atoms with Crippen molar-refractivity contribution in [3.8, 4) is 0 Å². The number of fused-ring (bicyclic) bond motifs is 1. The van der Waals surface area contributed by atoms with Gasteiger partial charge < -0.3 is 4.40 Å².